The number of hydrogen-bond donors (Lipinski definition) is 3. The van der Waals surface area contributed by atoms with Gasteiger partial charge < -0.3 is 0 Å². The van der Waals surface area contributed by atoms with Crippen LogP contribution >= 0.6 is 10.8 Å². The molecule has 0 aromatic rings. The van der Waals surface area contributed by atoms with Gasteiger partial charge in [-0.25, -0.2) is 4.72 Å². The summed E-state index contributed by atoms with van der Waals surface area (Å²) >= 11 is 0. The van der Waals surface area contributed by atoms with Crippen molar-refractivity contribution < 1.29 is 9.11 Å². The average Bonchev–Trinajstić information content (AvgIpc) is 2.05. The highest BCUT2D eigenvalue weighted by Gasteiger charge is 2.05. The zero-order chi connectivity index (χ0) is 9.33. The lowest BCUT2D eigenvalue weighted by atomic mass is 10.4. The zero-order valence-electron chi connectivity index (χ0n) is 7.92. The maximum Gasteiger partial charge on any atom is 0.0528 e. The molecule has 0 aromatic heterocycles. The first kappa shape index (κ1) is 13.8. The Morgan fingerprint density at radius 3 is 2.00 bits per heavy atom. The average molecular weight is 183 g/mol. The van der Waals surface area contributed by atoms with E-state index in [-0.39, 0.29) is 0 Å². The monoisotopic (exact) mass is 183 g/mol. The SMILES string of the molecule is CC.CCCCS(O)(O)NC. The third kappa shape index (κ3) is 10.2. The van der Waals surface area contributed by atoms with Gasteiger partial charge in [0.25, 0.3) is 0 Å². The normalized spacial score (nSPS) is 11.8. The van der Waals surface area contributed by atoms with Crippen molar-refractivity contribution in [3.8, 4) is 0 Å². The summed E-state index contributed by atoms with van der Waals surface area (Å²) in [5, 5.41) is 0. The van der Waals surface area contributed by atoms with Crippen molar-refractivity contribution in [2.75, 3.05) is 12.8 Å². The first-order valence-corrected chi connectivity index (χ1v) is 5.78. The topological polar surface area (TPSA) is 52.5 Å². The molecule has 11 heavy (non-hydrogen) atoms. The predicted molar refractivity (Wildman–Crippen MR) is 53.0 cm³/mol. The molecule has 0 heterocycles. The van der Waals surface area contributed by atoms with E-state index in [9.17, 15) is 0 Å². The van der Waals surface area contributed by atoms with Crippen LogP contribution in [0.3, 0.4) is 0 Å². The predicted octanol–water partition coefficient (Wildman–Crippen LogP) is 2.70. The van der Waals surface area contributed by atoms with Gasteiger partial charge in [0.15, 0.2) is 0 Å². The first-order chi connectivity index (χ1) is 5.12. The minimum Gasteiger partial charge on any atom is -0.286 e. The molecule has 0 aliphatic rings. The van der Waals surface area contributed by atoms with Crippen LogP contribution in [0.1, 0.15) is 33.6 Å². The van der Waals surface area contributed by atoms with E-state index in [1.165, 1.54) is 0 Å². The Hall–Kier alpha value is 0.230. The summed E-state index contributed by atoms with van der Waals surface area (Å²) in [6, 6.07) is 0. The number of rotatable bonds is 4. The molecule has 0 aliphatic heterocycles. The van der Waals surface area contributed by atoms with Crippen LogP contribution in [-0.2, 0) is 0 Å². The van der Waals surface area contributed by atoms with E-state index < -0.39 is 10.8 Å². The highest BCUT2D eigenvalue weighted by Crippen LogP contribution is 2.32. The van der Waals surface area contributed by atoms with E-state index in [2.05, 4.69) is 4.72 Å². The third-order valence-corrected chi connectivity index (χ3v) is 2.62. The van der Waals surface area contributed by atoms with E-state index in [4.69, 9.17) is 9.11 Å². The minimum atomic E-state index is -2.43. The largest absolute Gasteiger partial charge is 0.286 e. The number of nitrogens with one attached hydrogen (secondary N) is 1. The lowest BCUT2D eigenvalue weighted by Gasteiger charge is -2.30. The molecule has 3 nitrogen and oxygen atoms in total. The molecule has 4 heteroatoms. The summed E-state index contributed by atoms with van der Waals surface area (Å²) in [5.41, 5.74) is 0. The van der Waals surface area contributed by atoms with Crippen LogP contribution in [0.2, 0.25) is 0 Å². The minimum absolute atomic E-state index is 0.472. The van der Waals surface area contributed by atoms with Crippen molar-refractivity contribution in [3.05, 3.63) is 0 Å². The van der Waals surface area contributed by atoms with Crippen LogP contribution in [0.15, 0.2) is 0 Å². The highest BCUT2D eigenvalue weighted by molar-refractivity contribution is 8.22. The molecule has 3 N–H and O–H groups in total. The molecular weight excluding hydrogens is 162 g/mol. The van der Waals surface area contributed by atoms with Gasteiger partial charge in [0.05, 0.1) is 5.75 Å². The summed E-state index contributed by atoms with van der Waals surface area (Å²) in [5.74, 6) is 0.472. The van der Waals surface area contributed by atoms with Gasteiger partial charge in [-0.15, -0.1) is 10.8 Å². The highest BCUT2D eigenvalue weighted by atomic mass is 32.3. The summed E-state index contributed by atoms with van der Waals surface area (Å²) < 4.78 is 20.4. The fourth-order valence-corrected chi connectivity index (χ4v) is 1.34. The summed E-state index contributed by atoms with van der Waals surface area (Å²) in [6.45, 7) is 6.02. The molecule has 72 valence electrons. The zero-order valence-corrected chi connectivity index (χ0v) is 8.74. The lowest BCUT2D eigenvalue weighted by molar-refractivity contribution is 0.473. The molecule has 0 aromatic carbocycles. The smallest absolute Gasteiger partial charge is 0.0528 e. The number of unbranched alkanes of at least 4 members (excludes halogenated alkanes) is 1. The fourth-order valence-electron chi connectivity index (χ4n) is 0.448. The van der Waals surface area contributed by atoms with Gasteiger partial charge in [-0.3, -0.25) is 9.11 Å². The Morgan fingerprint density at radius 1 is 1.27 bits per heavy atom. The van der Waals surface area contributed by atoms with Crippen LogP contribution in [0, 0.1) is 0 Å². The Kier molecular flexibility index (Phi) is 10.4. The molecule has 0 unspecified atom stereocenters. The fraction of sp³-hybridized carbons (Fsp3) is 1.00. The molecule has 0 radical (unpaired) electrons. The molecule has 0 saturated carbocycles. The Bertz CT molecular complexity index is 78.8. The first-order valence-electron chi connectivity index (χ1n) is 4.07. The lowest BCUT2D eigenvalue weighted by Crippen LogP contribution is -2.17. The maximum atomic E-state index is 8.98. The van der Waals surface area contributed by atoms with Gasteiger partial charge >= 0.3 is 0 Å². The van der Waals surface area contributed by atoms with E-state index in [0.717, 1.165) is 12.8 Å². The van der Waals surface area contributed by atoms with Crippen molar-refractivity contribution in [1.29, 1.82) is 0 Å². The quantitative estimate of drug-likeness (QED) is 0.628. The van der Waals surface area contributed by atoms with Crippen LogP contribution in [0.5, 0.6) is 0 Å². The van der Waals surface area contributed by atoms with Crippen LogP contribution in [0.4, 0.5) is 0 Å². The summed E-state index contributed by atoms with van der Waals surface area (Å²) in [4.78, 5) is 0. The van der Waals surface area contributed by atoms with Gasteiger partial charge in [0.2, 0.25) is 0 Å². The van der Waals surface area contributed by atoms with Gasteiger partial charge in [-0.2, -0.15) is 0 Å². The van der Waals surface area contributed by atoms with Crippen molar-refractivity contribution >= 4 is 10.8 Å². The second-order valence-corrected chi connectivity index (χ2v) is 4.08. The van der Waals surface area contributed by atoms with Gasteiger partial charge in [-0.05, 0) is 6.42 Å². The molecule has 0 saturated heterocycles. The van der Waals surface area contributed by atoms with Crippen molar-refractivity contribution in [3.63, 3.8) is 0 Å². The van der Waals surface area contributed by atoms with Crippen LogP contribution in [0.25, 0.3) is 0 Å². The second-order valence-electron chi connectivity index (χ2n) is 1.93. The molecule has 0 spiro atoms. The van der Waals surface area contributed by atoms with Gasteiger partial charge in [0.1, 0.15) is 0 Å². The van der Waals surface area contributed by atoms with Crippen molar-refractivity contribution in [1.82, 2.24) is 4.72 Å². The summed E-state index contributed by atoms with van der Waals surface area (Å²) in [6.07, 6.45) is 1.86. The van der Waals surface area contributed by atoms with E-state index in [1.54, 1.807) is 7.05 Å². The van der Waals surface area contributed by atoms with Crippen molar-refractivity contribution in [2.45, 2.75) is 33.6 Å². The molecule has 0 atom stereocenters. The number of hydrogen-bond acceptors (Lipinski definition) is 3. The Balaban J connectivity index is 0. The molecule has 0 amide bonds. The van der Waals surface area contributed by atoms with E-state index in [1.807, 2.05) is 20.8 Å². The molecule has 0 bridgehead atoms. The van der Waals surface area contributed by atoms with Crippen molar-refractivity contribution in [2.24, 2.45) is 0 Å². The third-order valence-electron chi connectivity index (χ3n) is 1.11. The Morgan fingerprint density at radius 2 is 1.73 bits per heavy atom. The summed E-state index contributed by atoms with van der Waals surface area (Å²) in [7, 11) is -0.871. The van der Waals surface area contributed by atoms with Gasteiger partial charge in [-0.1, -0.05) is 27.2 Å². The molecule has 0 rings (SSSR count). The van der Waals surface area contributed by atoms with E-state index in [0.29, 0.717) is 5.75 Å². The maximum absolute atomic E-state index is 8.98. The standard InChI is InChI=1S/C5H15NO2S.C2H6/c1-3-4-5-9(7,8)6-2;1-2/h6-8H,3-5H2,1-2H3;1-2H3. The van der Waals surface area contributed by atoms with Crippen LogP contribution in [-0.4, -0.2) is 21.9 Å². The molecule has 0 fully saturated rings. The molecular formula is C7H21NO2S. The van der Waals surface area contributed by atoms with Gasteiger partial charge in [0, 0.05) is 7.05 Å². The molecule has 0 aliphatic carbocycles. The van der Waals surface area contributed by atoms with E-state index >= 15 is 0 Å². The Labute approximate surface area is 71.7 Å². The second kappa shape index (κ2) is 8.33. The van der Waals surface area contributed by atoms with Crippen LogP contribution < -0.4 is 4.72 Å².